The highest BCUT2D eigenvalue weighted by molar-refractivity contribution is 5.94. The predicted molar refractivity (Wildman–Crippen MR) is 67.1 cm³/mol. The zero-order valence-electron chi connectivity index (χ0n) is 10.6. The second-order valence-electron chi connectivity index (χ2n) is 4.01. The molecule has 0 N–H and O–H groups in total. The zero-order chi connectivity index (χ0) is 14.4. The molecule has 1 aromatic heterocycles. The normalized spacial score (nSPS) is 10.9. The van der Waals surface area contributed by atoms with Crippen LogP contribution in [0, 0.1) is 0 Å². The van der Waals surface area contributed by atoms with E-state index in [9.17, 15) is 13.6 Å². The van der Waals surface area contributed by atoms with Crippen LogP contribution in [0.25, 0.3) is 5.69 Å². The van der Waals surface area contributed by atoms with E-state index in [1.54, 1.807) is 12.1 Å². The first-order valence-corrected chi connectivity index (χ1v) is 6.03. The van der Waals surface area contributed by atoms with Crippen molar-refractivity contribution in [1.82, 2.24) is 15.0 Å². The van der Waals surface area contributed by atoms with Crippen LogP contribution in [-0.2, 0) is 4.74 Å². The minimum absolute atomic E-state index is 0.00687. The molecule has 2 aromatic rings. The Labute approximate surface area is 114 Å². The maximum Gasteiger partial charge on any atom is 0.261 e. The maximum absolute atomic E-state index is 12.0. The van der Waals surface area contributed by atoms with Crippen molar-refractivity contribution < 1.29 is 18.3 Å². The van der Waals surface area contributed by atoms with E-state index in [-0.39, 0.29) is 18.8 Å². The summed E-state index contributed by atoms with van der Waals surface area (Å²) >= 11 is 0. The number of rotatable bonds is 7. The average molecular weight is 281 g/mol. The van der Waals surface area contributed by atoms with Crippen LogP contribution in [0.3, 0.4) is 0 Å². The summed E-state index contributed by atoms with van der Waals surface area (Å²) < 4.78 is 29.9. The van der Waals surface area contributed by atoms with Crippen molar-refractivity contribution in [2.45, 2.75) is 12.8 Å². The van der Waals surface area contributed by atoms with Crippen molar-refractivity contribution in [2.24, 2.45) is 0 Å². The van der Waals surface area contributed by atoms with Crippen molar-refractivity contribution in [1.29, 1.82) is 0 Å². The van der Waals surface area contributed by atoms with Crippen LogP contribution >= 0.6 is 0 Å². The van der Waals surface area contributed by atoms with Gasteiger partial charge in [-0.1, -0.05) is 23.4 Å². The minimum Gasteiger partial charge on any atom is -0.375 e. The van der Waals surface area contributed by atoms with Crippen LogP contribution in [0.1, 0.15) is 16.9 Å². The van der Waals surface area contributed by atoms with Crippen LogP contribution in [0.2, 0.25) is 0 Å². The molecular weight excluding hydrogens is 268 g/mol. The monoisotopic (exact) mass is 281 g/mol. The van der Waals surface area contributed by atoms with Gasteiger partial charge in [-0.3, -0.25) is 4.79 Å². The lowest BCUT2D eigenvalue weighted by Gasteiger charge is -2.05. The van der Waals surface area contributed by atoms with E-state index in [2.05, 4.69) is 15.0 Å². The number of para-hydroxylation sites is 1. The molecule has 0 bridgehead atoms. The first-order chi connectivity index (χ1) is 9.68. The van der Waals surface area contributed by atoms with E-state index in [0.717, 1.165) is 0 Å². The number of ketones is 1. The molecule has 0 unspecified atom stereocenters. The van der Waals surface area contributed by atoms with Gasteiger partial charge in [0.2, 0.25) is 0 Å². The average Bonchev–Trinajstić information content (AvgIpc) is 2.93. The van der Waals surface area contributed by atoms with Crippen LogP contribution in [-0.4, -0.2) is 40.4 Å². The van der Waals surface area contributed by atoms with Crippen LogP contribution < -0.4 is 0 Å². The molecule has 0 radical (unpaired) electrons. The maximum atomic E-state index is 12.0. The summed E-state index contributed by atoms with van der Waals surface area (Å²) in [5.41, 5.74) is 1.01. The van der Waals surface area contributed by atoms with Gasteiger partial charge in [-0.15, -0.1) is 5.10 Å². The number of hydrogen-bond acceptors (Lipinski definition) is 4. The molecule has 0 fully saturated rings. The van der Waals surface area contributed by atoms with Gasteiger partial charge in [-0.05, 0) is 12.1 Å². The second kappa shape index (κ2) is 6.85. The highest BCUT2D eigenvalue weighted by atomic mass is 19.3. The van der Waals surface area contributed by atoms with Gasteiger partial charge in [0.05, 0.1) is 18.5 Å². The fraction of sp³-hybridized carbons (Fsp3) is 0.308. The molecule has 20 heavy (non-hydrogen) atoms. The lowest BCUT2D eigenvalue weighted by molar-refractivity contribution is 0.0169. The Morgan fingerprint density at radius 2 is 2.05 bits per heavy atom. The standard InChI is InChI=1S/C13H13F2N3O2/c14-13(15)9-20-7-6-12(19)11-8-16-17-18(11)10-4-2-1-3-5-10/h1-5,8,13H,6-7,9H2. The Morgan fingerprint density at radius 3 is 2.75 bits per heavy atom. The Morgan fingerprint density at radius 1 is 1.30 bits per heavy atom. The number of carbonyl (C=O) groups is 1. The number of carbonyl (C=O) groups excluding carboxylic acids is 1. The molecule has 5 nitrogen and oxygen atoms in total. The van der Waals surface area contributed by atoms with Crippen molar-refractivity contribution >= 4 is 5.78 Å². The number of halogens is 2. The molecule has 0 aliphatic rings. The Kier molecular flexibility index (Phi) is 4.89. The molecule has 106 valence electrons. The quantitative estimate of drug-likeness (QED) is 0.576. The van der Waals surface area contributed by atoms with Gasteiger partial charge < -0.3 is 4.74 Å². The van der Waals surface area contributed by atoms with E-state index in [0.29, 0.717) is 11.4 Å². The summed E-state index contributed by atoms with van der Waals surface area (Å²) in [6.45, 7) is -0.716. The third-order valence-corrected chi connectivity index (χ3v) is 2.55. The number of benzene rings is 1. The predicted octanol–water partition coefficient (Wildman–Crippen LogP) is 2.12. The fourth-order valence-corrected chi connectivity index (χ4v) is 1.65. The lowest BCUT2D eigenvalue weighted by Crippen LogP contribution is -2.13. The third kappa shape index (κ3) is 3.67. The Bertz CT molecular complexity index is 558. The van der Waals surface area contributed by atoms with Crippen molar-refractivity contribution in [3.63, 3.8) is 0 Å². The molecule has 1 heterocycles. The molecule has 0 spiro atoms. The molecule has 0 saturated carbocycles. The Hall–Kier alpha value is -2.15. The summed E-state index contributed by atoms with van der Waals surface area (Å²) in [6, 6.07) is 9.06. The first-order valence-electron chi connectivity index (χ1n) is 6.03. The molecule has 1 aromatic carbocycles. The topological polar surface area (TPSA) is 57.0 Å². The highest BCUT2D eigenvalue weighted by Crippen LogP contribution is 2.10. The van der Waals surface area contributed by atoms with Crippen molar-refractivity contribution in [2.75, 3.05) is 13.2 Å². The van der Waals surface area contributed by atoms with E-state index in [4.69, 9.17) is 0 Å². The largest absolute Gasteiger partial charge is 0.375 e. The van der Waals surface area contributed by atoms with Gasteiger partial charge in [0.1, 0.15) is 12.3 Å². The fourth-order valence-electron chi connectivity index (χ4n) is 1.65. The molecular formula is C13H13F2N3O2. The van der Waals surface area contributed by atoms with Gasteiger partial charge in [-0.2, -0.15) is 0 Å². The molecule has 2 rings (SSSR count). The smallest absolute Gasteiger partial charge is 0.261 e. The van der Waals surface area contributed by atoms with E-state index < -0.39 is 13.0 Å². The molecule has 0 atom stereocenters. The Balaban J connectivity index is 1.99. The minimum atomic E-state index is -2.53. The summed E-state index contributed by atoms with van der Waals surface area (Å²) in [5, 5.41) is 7.56. The summed E-state index contributed by atoms with van der Waals surface area (Å²) in [4.78, 5) is 12.0. The van der Waals surface area contributed by atoms with Gasteiger partial charge >= 0.3 is 0 Å². The van der Waals surface area contributed by atoms with Crippen LogP contribution in [0.4, 0.5) is 8.78 Å². The third-order valence-electron chi connectivity index (χ3n) is 2.55. The molecule has 7 heteroatoms. The number of ether oxygens (including phenoxy) is 1. The van der Waals surface area contributed by atoms with Gasteiger partial charge in [0.15, 0.2) is 5.78 Å². The number of aromatic nitrogens is 3. The van der Waals surface area contributed by atoms with Gasteiger partial charge in [-0.25, -0.2) is 13.5 Å². The number of alkyl halides is 2. The van der Waals surface area contributed by atoms with E-state index in [1.165, 1.54) is 10.9 Å². The first kappa shape index (κ1) is 14.3. The summed E-state index contributed by atoms with van der Waals surface area (Å²) in [5.74, 6) is -0.256. The van der Waals surface area contributed by atoms with E-state index in [1.807, 2.05) is 18.2 Å². The zero-order valence-corrected chi connectivity index (χ0v) is 10.6. The van der Waals surface area contributed by atoms with Gasteiger partial charge in [0, 0.05) is 6.42 Å². The lowest BCUT2D eigenvalue weighted by atomic mass is 10.2. The molecule has 0 aliphatic carbocycles. The highest BCUT2D eigenvalue weighted by Gasteiger charge is 2.14. The number of Topliss-reactive ketones (excluding diaryl/α,β-unsaturated/α-hetero) is 1. The van der Waals surface area contributed by atoms with Crippen LogP contribution in [0.15, 0.2) is 36.5 Å². The number of hydrogen-bond donors (Lipinski definition) is 0. The summed E-state index contributed by atoms with van der Waals surface area (Å²) in [7, 11) is 0. The van der Waals surface area contributed by atoms with Gasteiger partial charge in [0.25, 0.3) is 6.43 Å². The summed E-state index contributed by atoms with van der Waals surface area (Å²) in [6.07, 6.45) is -1.17. The van der Waals surface area contributed by atoms with Crippen LogP contribution in [0.5, 0.6) is 0 Å². The number of nitrogens with zero attached hydrogens (tertiary/aromatic N) is 3. The molecule has 0 saturated heterocycles. The van der Waals surface area contributed by atoms with Crippen molar-refractivity contribution in [3.8, 4) is 5.69 Å². The van der Waals surface area contributed by atoms with Crippen molar-refractivity contribution in [3.05, 3.63) is 42.2 Å². The van der Waals surface area contributed by atoms with E-state index >= 15 is 0 Å². The SMILES string of the molecule is O=C(CCOCC(F)F)c1cnnn1-c1ccccc1. The molecule has 0 amide bonds. The molecule has 0 aliphatic heterocycles. The second-order valence-corrected chi connectivity index (χ2v) is 4.01.